The molecule has 0 saturated carbocycles. The molecule has 1 aromatic heterocycles. The van der Waals surface area contributed by atoms with E-state index in [9.17, 15) is 9.59 Å². The zero-order valence-corrected chi connectivity index (χ0v) is 15.9. The monoisotopic (exact) mass is 350 g/mol. The van der Waals surface area contributed by atoms with Gasteiger partial charge in [0.1, 0.15) is 5.76 Å². The predicted octanol–water partition coefficient (Wildman–Crippen LogP) is 1.24. The van der Waals surface area contributed by atoms with Crippen LogP contribution in [0.15, 0.2) is 4.52 Å². The first-order valence-corrected chi connectivity index (χ1v) is 9.15. The van der Waals surface area contributed by atoms with Gasteiger partial charge in [-0.05, 0) is 34.1 Å². The molecule has 0 aromatic carbocycles. The molecule has 25 heavy (non-hydrogen) atoms. The third-order valence-electron chi connectivity index (χ3n) is 4.93. The molecule has 2 amide bonds. The van der Waals surface area contributed by atoms with Crippen LogP contribution in [0.3, 0.4) is 0 Å². The standard InChI is InChI=1S/C18H30N4O3/c1-5-21(6-2)18(24)13-20-8-7-9-22(11-10-20)17(23)12-16-14(3)19-25-15(16)4/h5-13H2,1-4H3. The zero-order chi connectivity index (χ0) is 18.4. The fourth-order valence-electron chi connectivity index (χ4n) is 3.26. The average molecular weight is 350 g/mol. The molecule has 1 aromatic rings. The van der Waals surface area contributed by atoms with Crippen molar-refractivity contribution in [2.45, 2.75) is 40.5 Å². The quantitative estimate of drug-likeness (QED) is 0.772. The molecular formula is C18H30N4O3. The normalized spacial score (nSPS) is 15.9. The van der Waals surface area contributed by atoms with Crippen molar-refractivity contribution in [3.63, 3.8) is 0 Å². The van der Waals surface area contributed by atoms with Crippen molar-refractivity contribution in [2.75, 3.05) is 45.8 Å². The minimum absolute atomic E-state index is 0.103. The summed E-state index contributed by atoms with van der Waals surface area (Å²) < 4.78 is 5.14. The van der Waals surface area contributed by atoms with E-state index in [2.05, 4.69) is 10.1 Å². The molecule has 0 atom stereocenters. The Morgan fingerprint density at radius 3 is 2.44 bits per heavy atom. The SMILES string of the molecule is CCN(CC)C(=O)CN1CCCN(C(=O)Cc2c(C)noc2C)CC1. The summed E-state index contributed by atoms with van der Waals surface area (Å²) in [5, 5.41) is 3.91. The predicted molar refractivity (Wildman–Crippen MR) is 95.2 cm³/mol. The topological polar surface area (TPSA) is 69.9 Å². The Bertz CT molecular complexity index is 576. The van der Waals surface area contributed by atoms with Gasteiger partial charge < -0.3 is 14.3 Å². The lowest BCUT2D eigenvalue weighted by Gasteiger charge is -2.25. The summed E-state index contributed by atoms with van der Waals surface area (Å²) in [5.74, 6) is 0.985. The summed E-state index contributed by atoms with van der Waals surface area (Å²) in [7, 11) is 0. The van der Waals surface area contributed by atoms with Gasteiger partial charge in [-0.3, -0.25) is 14.5 Å². The number of carbonyl (C=O) groups is 2. The van der Waals surface area contributed by atoms with Gasteiger partial charge in [0, 0.05) is 44.8 Å². The van der Waals surface area contributed by atoms with Crippen LogP contribution >= 0.6 is 0 Å². The van der Waals surface area contributed by atoms with Crippen molar-refractivity contribution in [1.82, 2.24) is 19.9 Å². The van der Waals surface area contributed by atoms with Gasteiger partial charge in [0.15, 0.2) is 0 Å². The lowest BCUT2D eigenvalue weighted by Crippen LogP contribution is -2.42. The molecular weight excluding hydrogens is 320 g/mol. The van der Waals surface area contributed by atoms with Crippen LogP contribution in [0.5, 0.6) is 0 Å². The van der Waals surface area contributed by atoms with Crippen molar-refractivity contribution in [1.29, 1.82) is 0 Å². The highest BCUT2D eigenvalue weighted by Gasteiger charge is 2.23. The first kappa shape index (κ1) is 19.4. The minimum Gasteiger partial charge on any atom is -0.361 e. The molecule has 7 heteroatoms. The lowest BCUT2D eigenvalue weighted by molar-refractivity contribution is -0.132. The number of carbonyl (C=O) groups excluding carboxylic acids is 2. The van der Waals surface area contributed by atoms with Gasteiger partial charge in [-0.1, -0.05) is 5.16 Å². The van der Waals surface area contributed by atoms with Crippen LogP contribution < -0.4 is 0 Å². The van der Waals surface area contributed by atoms with Crippen molar-refractivity contribution in [3.8, 4) is 0 Å². The molecule has 7 nitrogen and oxygen atoms in total. The second-order valence-corrected chi connectivity index (χ2v) is 6.56. The molecule has 1 fully saturated rings. The lowest BCUT2D eigenvalue weighted by atomic mass is 10.1. The molecule has 1 aliphatic heterocycles. The largest absolute Gasteiger partial charge is 0.361 e. The third-order valence-corrected chi connectivity index (χ3v) is 4.93. The van der Waals surface area contributed by atoms with Gasteiger partial charge >= 0.3 is 0 Å². The number of likely N-dealkylation sites (N-methyl/N-ethyl adjacent to an activating group) is 1. The first-order chi connectivity index (χ1) is 12.0. The van der Waals surface area contributed by atoms with E-state index >= 15 is 0 Å². The highest BCUT2D eigenvalue weighted by molar-refractivity contribution is 5.79. The van der Waals surface area contributed by atoms with E-state index in [-0.39, 0.29) is 11.8 Å². The Labute approximate surface area is 149 Å². The molecule has 0 N–H and O–H groups in total. The second kappa shape index (κ2) is 8.99. The molecule has 0 spiro atoms. The molecule has 1 aliphatic rings. The van der Waals surface area contributed by atoms with Crippen LogP contribution in [0, 0.1) is 13.8 Å². The van der Waals surface area contributed by atoms with Crippen LogP contribution in [-0.2, 0) is 16.0 Å². The smallest absolute Gasteiger partial charge is 0.236 e. The average Bonchev–Trinajstić information content (AvgIpc) is 2.79. The summed E-state index contributed by atoms with van der Waals surface area (Å²) in [6.07, 6.45) is 1.22. The Morgan fingerprint density at radius 2 is 1.84 bits per heavy atom. The highest BCUT2D eigenvalue weighted by Crippen LogP contribution is 2.15. The molecule has 0 aliphatic carbocycles. The van der Waals surface area contributed by atoms with Crippen molar-refractivity contribution in [3.05, 3.63) is 17.0 Å². The van der Waals surface area contributed by atoms with Gasteiger partial charge in [-0.2, -0.15) is 0 Å². The fourth-order valence-corrected chi connectivity index (χ4v) is 3.26. The van der Waals surface area contributed by atoms with Gasteiger partial charge in [0.05, 0.1) is 18.7 Å². The van der Waals surface area contributed by atoms with Gasteiger partial charge in [0.25, 0.3) is 0 Å². The van der Waals surface area contributed by atoms with Crippen LogP contribution in [0.4, 0.5) is 0 Å². The van der Waals surface area contributed by atoms with Crippen LogP contribution in [-0.4, -0.2) is 77.5 Å². The van der Waals surface area contributed by atoms with E-state index in [4.69, 9.17) is 4.52 Å². The number of amides is 2. The van der Waals surface area contributed by atoms with E-state index in [1.54, 1.807) is 0 Å². The summed E-state index contributed by atoms with van der Waals surface area (Å²) in [6.45, 7) is 12.6. The van der Waals surface area contributed by atoms with Crippen LogP contribution in [0.25, 0.3) is 0 Å². The number of hydrogen-bond acceptors (Lipinski definition) is 5. The van der Waals surface area contributed by atoms with Crippen molar-refractivity contribution < 1.29 is 14.1 Å². The van der Waals surface area contributed by atoms with Crippen LogP contribution in [0.1, 0.15) is 37.3 Å². The van der Waals surface area contributed by atoms with Crippen molar-refractivity contribution in [2.24, 2.45) is 0 Å². The summed E-state index contributed by atoms with van der Waals surface area (Å²) in [5.41, 5.74) is 1.68. The maximum Gasteiger partial charge on any atom is 0.236 e. The third kappa shape index (κ3) is 5.04. The molecule has 140 valence electrons. The maximum atomic E-state index is 12.6. The van der Waals surface area contributed by atoms with Crippen molar-refractivity contribution >= 4 is 11.8 Å². The second-order valence-electron chi connectivity index (χ2n) is 6.56. The molecule has 2 heterocycles. The van der Waals surface area contributed by atoms with E-state index in [1.165, 1.54) is 0 Å². The number of rotatable bonds is 6. The van der Waals surface area contributed by atoms with Gasteiger partial charge in [-0.15, -0.1) is 0 Å². The molecule has 0 unspecified atom stereocenters. The fraction of sp³-hybridized carbons (Fsp3) is 0.722. The number of aryl methyl sites for hydroxylation is 2. The Balaban J connectivity index is 1.88. The first-order valence-electron chi connectivity index (χ1n) is 9.15. The van der Waals surface area contributed by atoms with Gasteiger partial charge in [0.2, 0.25) is 11.8 Å². The Morgan fingerprint density at radius 1 is 1.12 bits per heavy atom. The number of aromatic nitrogens is 1. The van der Waals surface area contributed by atoms with E-state index < -0.39 is 0 Å². The molecule has 0 bridgehead atoms. The summed E-state index contributed by atoms with van der Waals surface area (Å²) >= 11 is 0. The molecule has 0 radical (unpaired) electrons. The highest BCUT2D eigenvalue weighted by atomic mass is 16.5. The zero-order valence-electron chi connectivity index (χ0n) is 15.9. The number of nitrogens with zero attached hydrogens (tertiary/aromatic N) is 4. The minimum atomic E-state index is 0.103. The Kier molecular flexibility index (Phi) is 6.99. The Hall–Kier alpha value is -1.89. The summed E-state index contributed by atoms with van der Waals surface area (Å²) in [6, 6.07) is 0. The number of hydrogen-bond donors (Lipinski definition) is 0. The van der Waals surface area contributed by atoms with E-state index in [1.807, 2.05) is 37.5 Å². The maximum absolute atomic E-state index is 12.6. The van der Waals surface area contributed by atoms with E-state index in [0.717, 1.165) is 50.4 Å². The summed E-state index contributed by atoms with van der Waals surface area (Å²) in [4.78, 5) is 30.8. The van der Waals surface area contributed by atoms with Crippen LogP contribution in [0.2, 0.25) is 0 Å². The molecule has 2 rings (SSSR count). The van der Waals surface area contributed by atoms with Gasteiger partial charge in [-0.25, -0.2) is 0 Å². The molecule has 1 saturated heterocycles. The van der Waals surface area contributed by atoms with E-state index in [0.29, 0.717) is 25.3 Å².